The fourth-order valence-corrected chi connectivity index (χ4v) is 3.75. The van der Waals surface area contributed by atoms with Crippen molar-refractivity contribution in [3.05, 3.63) is 12.4 Å². The van der Waals surface area contributed by atoms with E-state index in [0.717, 1.165) is 31.0 Å². The molecule has 138 valence electrons. The molecule has 1 unspecified atom stereocenters. The van der Waals surface area contributed by atoms with Gasteiger partial charge < -0.3 is 25.5 Å². The summed E-state index contributed by atoms with van der Waals surface area (Å²) in [6, 6.07) is 2.15. The van der Waals surface area contributed by atoms with E-state index in [1.54, 1.807) is 6.33 Å². The lowest BCUT2D eigenvalue weighted by atomic mass is 10.00. The zero-order chi connectivity index (χ0) is 17.8. The zero-order valence-electron chi connectivity index (χ0n) is 15.0. The van der Waals surface area contributed by atoms with Gasteiger partial charge in [0.05, 0.1) is 0 Å². The van der Waals surface area contributed by atoms with E-state index in [1.165, 1.54) is 0 Å². The van der Waals surface area contributed by atoms with Gasteiger partial charge in [-0.2, -0.15) is 0 Å². The maximum absolute atomic E-state index is 12.4. The average Bonchev–Trinajstić information content (AvgIpc) is 3.26. The van der Waals surface area contributed by atoms with Gasteiger partial charge in [-0.05, 0) is 18.8 Å². The van der Waals surface area contributed by atoms with Crippen LogP contribution in [0.5, 0.6) is 0 Å². The molecule has 2 amide bonds. The smallest absolute Gasteiger partial charge is 0.317 e. The highest BCUT2D eigenvalue weighted by molar-refractivity contribution is 5.74. The maximum Gasteiger partial charge on any atom is 0.317 e. The first-order valence-corrected chi connectivity index (χ1v) is 9.02. The highest BCUT2D eigenvalue weighted by atomic mass is 16.3. The number of aliphatic hydroxyl groups excluding tert-OH is 1. The molecule has 0 spiro atoms. The van der Waals surface area contributed by atoms with E-state index in [4.69, 9.17) is 0 Å². The first kappa shape index (κ1) is 17.7. The molecule has 1 aromatic rings. The molecule has 25 heavy (non-hydrogen) atoms. The van der Waals surface area contributed by atoms with Crippen LogP contribution in [0.3, 0.4) is 0 Å². The maximum atomic E-state index is 12.4. The minimum atomic E-state index is -0.0340. The van der Waals surface area contributed by atoms with Gasteiger partial charge in [-0.15, -0.1) is 0 Å². The Balaban J connectivity index is 1.56. The second-order valence-electron chi connectivity index (χ2n) is 7.01. The van der Waals surface area contributed by atoms with E-state index in [0.29, 0.717) is 25.6 Å². The van der Waals surface area contributed by atoms with Crippen molar-refractivity contribution in [2.45, 2.75) is 25.8 Å². The normalized spacial score (nSPS) is 26.1. The Kier molecular flexibility index (Phi) is 5.57. The van der Waals surface area contributed by atoms with Gasteiger partial charge in [-0.1, -0.05) is 6.92 Å². The first-order chi connectivity index (χ1) is 12.1. The fourth-order valence-electron chi connectivity index (χ4n) is 3.75. The number of amides is 2. The van der Waals surface area contributed by atoms with Crippen molar-refractivity contribution in [1.82, 2.24) is 20.2 Å². The number of carbonyl (C=O) groups is 1. The van der Waals surface area contributed by atoms with Gasteiger partial charge in [-0.25, -0.2) is 14.8 Å². The highest BCUT2D eigenvalue weighted by Gasteiger charge is 2.33. The molecule has 8 nitrogen and oxygen atoms in total. The number of hydrogen-bond acceptors (Lipinski definition) is 6. The summed E-state index contributed by atoms with van der Waals surface area (Å²) < 4.78 is 0. The summed E-state index contributed by atoms with van der Waals surface area (Å²) in [6.45, 7) is 5.11. The predicted octanol–water partition coefficient (Wildman–Crippen LogP) is 0.757. The van der Waals surface area contributed by atoms with Gasteiger partial charge in [-0.3, -0.25) is 0 Å². The Bertz CT molecular complexity index is 598. The minimum absolute atomic E-state index is 0.0340. The molecule has 3 N–H and O–H groups in total. The quantitative estimate of drug-likeness (QED) is 0.727. The van der Waals surface area contributed by atoms with Gasteiger partial charge in [0.1, 0.15) is 18.0 Å². The molecule has 2 aliphatic rings. The van der Waals surface area contributed by atoms with Crippen molar-refractivity contribution in [2.24, 2.45) is 11.8 Å². The number of hydrogen-bond donors (Lipinski definition) is 3. The van der Waals surface area contributed by atoms with Crippen LogP contribution < -0.4 is 15.5 Å². The zero-order valence-corrected chi connectivity index (χ0v) is 15.0. The van der Waals surface area contributed by atoms with Gasteiger partial charge in [0, 0.05) is 57.9 Å². The Hall–Kier alpha value is -2.09. The molecular weight excluding hydrogens is 320 g/mol. The molecule has 2 fully saturated rings. The molecule has 0 saturated carbocycles. The lowest BCUT2D eigenvalue weighted by molar-refractivity contribution is 0.195. The van der Waals surface area contributed by atoms with Gasteiger partial charge in [0.15, 0.2) is 0 Å². The molecule has 3 atom stereocenters. The summed E-state index contributed by atoms with van der Waals surface area (Å²) in [5.74, 6) is 2.22. The van der Waals surface area contributed by atoms with Crippen molar-refractivity contribution < 1.29 is 9.90 Å². The Labute approximate surface area is 148 Å². The molecule has 3 heterocycles. The van der Waals surface area contributed by atoms with E-state index >= 15 is 0 Å². The number of urea groups is 1. The molecule has 2 aliphatic heterocycles. The first-order valence-electron chi connectivity index (χ1n) is 9.02. The number of rotatable bonds is 5. The largest absolute Gasteiger partial charge is 0.396 e. The van der Waals surface area contributed by atoms with Crippen LogP contribution in [0.2, 0.25) is 0 Å². The molecule has 3 rings (SSSR count). The number of aliphatic hydroxyl groups is 1. The van der Waals surface area contributed by atoms with Crippen LogP contribution in [-0.2, 0) is 0 Å². The summed E-state index contributed by atoms with van der Waals surface area (Å²) in [5, 5.41) is 15.5. The third kappa shape index (κ3) is 3.95. The van der Waals surface area contributed by atoms with Crippen molar-refractivity contribution in [1.29, 1.82) is 0 Å². The van der Waals surface area contributed by atoms with E-state index in [1.807, 2.05) is 18.0 Å². The molecule has 0 bridgehead atoms. The van der Waals surface area contributed by atoms with Gasteiger partial charge in [0.2, 0.25) is 0 Å². The summed E-state index contributed by atoms with van der Waals surface area (Å²) in [7, 11) is 1.84. The second kappa shape index (κ2) is 7.86. The number of anilines is 2. The molecule has 2 saturated heterocycles. The van der Waals surface area contributed by atoms with E-state index in [9.17, 15) is 9.90 Å². The number of nitrogens with zero attached hydrogens (tertiary/aromatic N) is 4. The average molecular weight is 348 g/mol. The molecule has 0 radical (unpaired) electrons. The topological polar surface area (TPSA) is 93.6 Å². The van der Waals surface area contributed by atoms with Crippen LogP contribution in [0.1, 0.15) is 19.8 Å². The van der Waals surface area contributed by atoms with Crippen molar-refractivity contribution >= 4 is 17.7 Å². The summed E-state index contributed by atoms with van der Waals surface area (Å²) >= 11 is 0. The lowest BCUT2D eigenvalue weighted by Gasteiger charge is -2.27. The molecule has 0 aromatic carbocycles. The predicted molar refractivity (Wildman–Crippen MR) is 96.7 cm³/mol. The van der Waals surface area contributed by atoms with Gasteiger partial charge in [0.25, 0.3) is 0 Å². The number of carbonyl (C=O) groups excluding carboxylic acids is 1. The summed E-state index contributed by atoms with van der Waals surface area (Å²) in [4.78, 5) is 25.0. The monoisotopic (exact) mass is 348 g/mol. The molecule has 0 aliphatic carbocycles. The van der Waals surface area contributed by atoms with E-state index in [-0.39, 0.29) is 24.6 Å². The fraction of sp³-hybridized carbons (Fsp3) is 0.706. The van der Waals surface area contributed by atoms with Crippen molar-refractivity contribution in [3.8, 4) is 0 Å². The number of likely N-dealkylation sites (tertiary alicyclic amines) is 1. The summed E-state index contributed by atoms with van der Waals surface area (Å²) in [6.07, 6.45) is 3.69. The standard InChI is InChI=1S/C17H28N6O2/c1-12-8-22(9-13(12)10-24)17(25)19-7-14-4-3-5-23(14)16-6-15(18-2)20-11-21-16/h6,11-14,24H,3-5,7-10H2,1-2H3,(H,19,25)(H,18,20,21)/t12-,13+,14?/m1/s1. The SMILES string of the molecule is CNc1cc(N2CCCC2CNC(=O)N2C[C@@H](CO)[C@H](C)C2)ncn1. The molecule has 1 aromatic heterocycles. The van der Waals surface area contributed by atoms with Crippen LogP contribution in [-0.4, -0.2) is 71.9 Å². The Morgan fingerprint density at radius 2 is 2.24 bits per heavy atom. The van der Waals surface area contributed by atoms with Crippen LogP contribution in [0, 0.1) is 11.8 Å². The second-order valence-corrected chi connectivity index (χ2v) is 7.01. The Morgan fingerprint density at radius 1 is 1.40 bits per heavy atom. The van der Waals surface area contributed by atoms with E-state index in [2.05, 4.69) is 32.4 Å². The number of nitrogens with one attached hydrogen (secondary N) is 2. The lowest BCUT2D eigenvalue weighted by Crippen LogP contribution is -2.45. The van der Waals surface area contributed by atoms with Crippen molar-refractivity contribution in [3.63, 3.8) is 0 Å². The van der Waals surface area contributed by atoms with Gasteiger partial charge >= 0.3 is 6.03 Å². The third-order valence-electron chi connectivity index (χ3n) is 5.36. The number of aromatic nitrogens is 2. The van der Waals surface area contributed by atoms with Crippen LogP contribution in [0.15, 0.2) is 12.4 Å². The van der Waals surface area contributed by atoms with Crippen molar-refractivity contribution in [2.75, 3.05) is 50.1 Å². The molecular formula is C17H28N6O2. The van der Waals surface area contributed by atoms with E-state index < -0.39 is 0 Å². The van der Waals surface area contributed by atoms with Crippen LogP contribution in [0.25, 0.3) is 0 Å². The minimum Gasteiger partial charge on any atom is -0.396 e. The highest BCUT2D eigenvalue weighted by Crippen LogP contribution is 2.25. The van der Waals surface area contributed by atoms with Crippen LogP contribution >= 0.6 is 0 Å². The van der Waals surface area contributed by atoms with Crippen LogP contribution in [0.4, 0.5) is 16.4 Å². The summed E-state index contributed by atoms with van der Waals surface area (Å²) in [5.41, 5.74) is 0. The Morgan fingerprint density at radius 3 is 2.96 bits per heavy atom. The third-order valence-corrected chi connectivity index (χ3v) is 5.36. The molecule has 8 heteroatoms.